The second kappa shape index (κ2) is 16.1. The number of hydrogen-bond acceptors (Lipinski definition) is 3. The summed E-state index contributed by atoms with van der Waals surface area (Å²) in [5.41, 5.74) is 0. The van der Waals surface area contributed by atoms with Crippen LogP contribution < -0.4 is 10.6 Å². The molecule has 25 heavy (non-hydrogen) atoms. The molecule has 0 radical (unpaired) electrons. The number of nitrogens with zero attached hydrogens (tertiary/aromatic N) is 3. The van der Waals surface area contributed by atoms with Gasteiger partial charge in [-0.2, -0.15) is 0 Å². The molecule has 1 rings (SSSR count). The molecule has 0 amide bonds. The van der Waals surface area contributed by atoms with Crippen molar-refractivity contribution in [3.05, 3.63) is 0 Å². The third-order valence-electron chi connectivity index (χ3n) is 4.95. The van der Waals surface area contributed by atoms with Crippen molar-refractivity contribution in [2.75, 3.05) is 52.9 Å². The number of likely N-dealkylation sites (N-methyl/N-ethyl adjacent to an activating group) is 1. The quantitative estimate of drug-likeness (QED) is 0.212. The van der Waals surface area contributed by atoms with Gasteiger partial charge in [-0.3, -0.25) is 4.99 Å². The van der Waals surface area contributed by atoms with E-state index < -0.39 is 0 Å². The zero-order valence-electron chi connectivity index (χ0n) is 17.0. The van der Waals surface area contributed by atoms with Crippen molar-refractivity contribution in [2.24, 2.45) is 4.99 Å². The number of nitrogens with one attached hydrogen (secondary N) is 2. The van der Waals surface area contributed by atoms with Crippen molar-refractivity contribution in [3.63, 3.8) is 0 Å². The van der Waals surface area contributed by atoms with Crippen LogP contribution in [0.4, 0.5) is 0 Å². The van der Waals surface area contributed by atoms with E-state index in [0.29, 0.717) is 6.04 Å². The zero-order chi connectivity index (χ0) is 17.6. The maximum Gasteiger partial charge on any atom is 0.191 e. The van der Waals surface area contributed by atoms with Gasteiger partial charge in [0, 0.05) is 45.8 Å². The highest BCUT2D eigenvalue weighted by Crippen LogP contribution is 2.04. The van der Waals surface area contributed by atoms with Gasteiger partial charge in [-0.05, 0) is 39.3 Å². The van der Waals surface area contributed by atoms with Crippen LogP contribution in [-0.4, -0.2) is 74.7 Å². The van der Waals surface area contributed by atoms with E-state index in [1.54, 1.807) is 0 Å². The number of hydrogen-bond donors (Lipinski definition) is 2. The largest absolute Gasteiger partial charge is 0.356 e. The number of unbranched alkanes of at least 4 members (excludes halogenated alkanes) is 3. The van der Waals surface area contributed by atoms with Gasteiger partial charge in [0.25, 0.3) is 0 Å². The third-order valence-corrected chi connectivity index (χ3v) is 4.95. The molecule has 1 heterocycles. The van der Waals surface area contributed by atoms with Crippen LogP contribution in [0.2, 0.25) is 0 Å². The average Bonchev–Trinajstić information content (AvgIpc) is 2.61. The Balaban J connectivity index is 0.00000576. The van der Waals surface area contributed by atoms with Gasteiger partial charge in [-0.15, -0.1) is 24.0 Å². The molecule has 0 bridgehead atoms. The van der Waals surface area contributed by atoms with E-state index in [0.717, 1.165) is 12.5 Å². The van der Waals surface area contributed by atoms with Crippen LogP contribution >= 0.6 is 24.0 Å². The van der Waals surface area contributed by atoms with E-state index in [1.165, 1.54) is 77.8 Å². The zero-order valence-corrected chi connectivity index (χ0v) is 19.3. The molecule has 1 unspecified atom stereocenters. The molecule has 0 spiro atoms. The summed E-state index contributed by atoms with van der Waals surface area (Å²) < 4.78 is 0. The Bertz CT molecular complexity index is 330. The molecule has 1 saturated heterocycles. The SMILES string of the molecule is CCCCCC(C)NC(=NC)NCCCCN1CCN(CC)CC1.I. The van der Waals surface area contributed by atoms with Crippen molar-refractivity contribution in [3.8, 4) is 0 Å². The summed E-state index contributed by atoms with van der Waals surface area (Å²) in [5, 5.41) is 6.96. The standard InChI is InChI=1S/C19H41N5.HI/c1-5-7-8-11-18(3)22-19(20-4)21-12-9-10-13-24-16-14-23(6-2)15-17-24;/h18H,5-17H2,1-4H3,(H2,20,21,22);1H. The fourth-order valence-electron chi connectivity index (χ4n) is 3.20. The number of aliphatic imine (C=N–C) groups is 1. The van der Waals surface area contributed by atoms with Gasteiger partial charge >= 0.3 is 0 Å². The Morgan fingerprint density at radius 1 is 1.00 bits per heavy atom. The van der Waals surface area contributed by atoms with Crippen LogP contribution in [0.3, 0.4) is 0 Å². The van der Waals surface area contributed by atoms with Gasteiger partial charge < -0.3 is 20.4 Å². The van der Waals surface area contributed by atoms with Crippen LogP contribution in [0.5, 0.6) is 0 Å². The first-order valence-electron chi connectivity index (χ1n) is 10.1. The van der Waals surface area contributed by atoms with E-state index >= 15 is 0 Å². The summed E-state index contributed by atoms with van der Waals surface area (Å²) in [5.74, 6) is 0.954. The van der Waals surface area contributed by atoms with Crippen molar-refractivity contribution in [2.45, 2.75) is 65.3 Å². The van der Waals surface area contributed by atoms with Crippen molar-refractivity contribution < 1.29 is 0 Å². The van der Waals surface area contributed by atoms with Gasteiger partial charge in [0.2, 0.25) is 0 Å². The highest BCUT2D eigenvalue weighted by molar-refractivity contribution is 14.0. The molecule has 1 aliphatic rings. The maximum atomic E-state index is 4.34. The van der Waals surface area contributed by atoms with E-state index in [-0.39, 0.29) is 24.0 Å². The van der Waals surface area contributed by atoms with E-state index in [2.05, 4.69) is 46.2 Å². The van der Waals surface area contributed by atoms with Crippen molar-refractivity contribution >= 4 is 29.9 Å². The lowest BCUT2D eigenvalue weighted by Gasteiger charge is -2.34. The summed E-state index contributed by atoms with van der Waals surface area (Å²) in [7, 11) is 1.86. The van der Waals surface area contributed by atoms with Crippen LogP contribution in [0, 0.1) is 0 Å². The summed E-state index contributed by atoms with van der Waals surface area (Å²) in [6.07, 6.45) is 7.60. The minimum absolute atomic E-state index is 0. The average molecular weight is 467 g/mol. The smallest absolute Gasteiger partial charge is 0.191 e. The van der Waals surface area contributed by atoms with Crippen LogP contribution in [-0.2, 0) is 0 Å². The maximum absolute atomic E-state index is 4.34. The van der Waals surface area contributed by atoms with E-state index in [9.17, 15) is 0 Å². The Kier molecular flexibility index (Phi) is 16.1. The number of piperazine rings is 1. The van der Waals surface area contributed by atoms with Gasteiger partial charge in [0.1, 0.15) is 0 Å². The lowest BCUT2D eigenvalue weighted by atomic mass is 10.1. The number of guanidine groups is 1. The molecule has 2 N–H and O–H groups in total. The molecule has 0 aliphatic carbocycles. The molecule has 5 nitrogen and oxygen atoms in total. The minimum atomic E-state index is 0. The minimum Gasteiger partial charge on any atom is -0.356 e. The Hall–Kier alpha value is -0.0800. The molecular weight excluding hydrogens is 425 g/mol. The lowest BCUT2D eigenvalue weighted by molar-refractivity contribution is 0.136. The fourth-order valence-corrected chi connectivity index (χ4v) is 3.20. The van der Waals surface area contributed by atoms with Crippen molar-refractivity contribution in [1.82, 2.24) is 20.4 Å². The lowest BCUT2D eigenvalue weighted by Crippen LogP contribution is -2.46. The van der Waals surface area contributed by atoms with Crippen LogP contribution in [0.1, 0.15) is 59.3 Å². The van der Waals surface area contributed by atoms with E-state index in [4.69, 9.17) is 0 Å². The second-order valence-electron chi connectivity index (χ2n) is 7.02. The predicted molar refractivity (Wildman–Crippen MR) is 121 cm³/mol. The normalized spacial score (nSPS) is 17.8. The summed E-state index contributed by atoms with van der Waals surface area (Å²) >= 11 is 0. The Labute approximate surface area is 173 Å². The molecule has 150 valence electrons. The summed E-state index contributed by atoms with van der Waals surface area (Å²) in [6, 6.07) is 0.498. The first kappa shape index (κ1) is 24.9. The molecule has 0 aromatic heterocycles. The molecule has 0 aromatic rings. The molecule has 1 aliphatic heterocycles. The Morgan fingerprint density at radius 2 is 1.68 bits per heavy atom. The number of rotatable bonds is 11. The molecule has 0 saturated carbocycles. The van der Waals surface area contributed by atoms with Gasteiger partial charge in [-0.1, -0.05) is 33.1 Å². The highest BCUT2D eigenvalue weighted by Gasteiger charge is 2.14. The molecule has 6 heteroatoms. The van der Waals surface area contributed by atoms with E-state index in [1.807, 2.05) is 7.05 Å². The molecule has 1 fully saturated rings. The number of halogens is 1. The van der Waals surface area contributed by atoms with Gasteiger partial charge in [0.15, 0.2) is 5.96 Å². The van der Waals surface area contributed by atoms with Gasteiger partial charge in [-0.25, -0.2) is 0 Å². The first-order valence-corrected chi connectivity index (χ1v) is 10.1. The second-order valence-corrected chi connectivity index (χ2v) is 7.02. The third kappa shape index (κ3) is 12.0. The highest BCUT2D eigenvalue weighted by atomic mass is 127. The Morgan fingerprint density at radius 3 is 2.28 bits per heavy atom. The van der Waals surface area contributed by atoms with Gasteiger partial charge in [0.05, 0.1) is 0 Å². The predicted octanol–water partition coefficient (Wildman–Crippen LogP) is 3.16. The van der Waals surface area contributed by atoms with Crippen LogP contribution in [0.25, 0.3) is 0 Å². The first-order chi connectivity index (χ1) is 11.7. The topological polar surface area (TPSA) is 42.9 Å². The van der Waals surface area contributed by atoms with Crippen LogP contribution in [0.15, 0.2) is 4.99 Å². The fraction of sp³-hybridized carbons (Fsp3) is 0.947. The molecule has 1 atom stereocenters. The monoisotopic (exact) mass is 467 g/mol. The summed E-state index contributed by atoms with van der Waals surface area (Å²) in [4.78, 5) is 9.48. The molecular formula is C19H42IN5. The van der Waals surface area contributed by atoms with Crippen molar-refractivity contribution in [1.29, 1.82) is 0 Å². The summed E-state index contributed by atoms with van der Waals surface area (Å²) in [6.45, 7) is 15.1. The molecule has 0 aromatic carbocycles.